The second-order valence-electron chi connectivity index (χ2n) is 5.19. The van der Waals surface area contributed by atoms with Gasteiger partial charge >= 0.3 is 0 Å². The molecule has 0 fully saturated rings. The van der Waals surface area contributed by atoms with Crippen LogP contribution in [0.15, 0.2) is 16.6 Å². The third kappa shape index (κ3) is 3.01. The number of rotatable bonds is 2. The summed E-state index contributed by atoms with van der Waals surface area (Å²) >= 11 is 3.53. The minimum absolute atomic E-state index is 0.0593. The van der Waals surface area contributed by atoms with Gasteiger partial charge in [0.1, 0.15) is 0 Å². The largest absolute Gasteiger partial charge is 0.544 e. The average Bonchev–Trinajstić information content (AvgIpc) is 2.08. The zero-order chi connectivity index (χ0) is 12.5. The smallest absolute Gasteiger partial charge is 0.229 e. The maximum absolute atomic E-state index is 9.90. The van der Waals surface area contributed by atoms with E-state index in [4.69, 9.17) is 4.43 Å². The molecule has 1 rings (SSSR count). The molecule has 0 saturated heterocycles. The van der Waals surface area contributed by atoms with E-state index in [1.165, 1.54) is 0 Å². The van der Waals surface area contributed by atoms with Gasteiger partial charge in [0, 0.05) is 10.0 Å². The summed E-state index contributed by atoms with van der Waals surface area (Å²) in [7, 11) is -1.23. The van der Waals surface area contributed by atoms with Crippen LogP contribution in [0, 0.1) is 0 Å². The Morgan fingerprint density at radius 3 is 2.25 bits per heavy atom. The van der Waals surface area contributed by atoms with Crippen LogP contribution in [0.1, 0.15) is 26.3 Å². The molecule has 0 aliphatic rings. The third-order valence-corrected chi connectivity index (χ3v) is 3.56. The van der Waals surface area contributed by atoms with Crippen molar-refractivity contribution < 1.29 is 9.53 Å². The fourth-order valence-electron chi connectivity index (χ4n) is 1.60. The maximum atomic E-state index is 9.90. The first-order chi connectivity index (χ1) is 7.23. The molecule has 0 amide bonds. The van der Waals surface area contributed by atoms with Crippen LogP contribution in [0.25, 0.3) is 0 Å². The van der Waals surface area contributed by atoms with E-state index in [0.29, 0.717) is 5.75 Å². The average molecular weight is 303 g/mol. The Balaban J connectivity index is 3.37. The molecule has 90 valence electrons. The lowest BCUT2D eigenvalue weighted by molar-refractivity contribution is 0.428. The van der Waals surface area contributed by atoms with Gasteiger partial charge in [0.25, 0.3) is 0 Å². The minimum atomic E-state index is -1.23. The Morgan fingerprint density at radius 1 is 1.25 bits per heavy atom. The Kier molecular flexibility index (Phi) is 4.07. The van der Waals surface area contributed by atoms with Crippen LogP contribution in [-0.2, 0) is 5.41 Å². The molecule has 0 aliphatic heterocycles. The molecule has 0 aromatic heterocycles. The van der Waals surface area contributed by atoms with Gasteiger partial charge in [0.15, 0.2) is 11.5 Å². The summed E-state index contributed by atoms with van der Waals surface area (Å²) in [4.78, 5) is 0. The van der Waals surface area contributed by atoms with Gasteiger partial charge in [-0.2, -0.15) is 0 Å². The fraction of sp³-hybridized carbons (Fsp3) is 0.500. The van der Waals surface area contributed by atoms with Crippen molar-refractivity contribution in [2.24, 2.45) is 0 Å². The van der Waals surface area contributed by atoms with Crippen molar-refractivity contribution in [3.05, 3.63) is 22.2 Å². The number of phenolic OH excluding ortho intramolecular Hbond substituents is 1. The van der Waals surface area contributed by atoms with Gasteiger partial charge in [-0.15, -0.1) is 0 Å². The van der Waals surface area contributed by atoms with Crippen LogP contribution in [0.2, 0.25) is 13.1 Å². The number of aromatic hydroxyl groups is 1. The summed E-state index contributed by atoms with van der Waals surface area (Å²) in [5.41, 5.74) is 0.977. The van der Waals surface area contributed by atoms with E-state index < -0.39 is 9.04 Å². The SMILES string of the molecule is C[SiH](C)Oc1c(O)ccc(Br)c1C(C)(C)C. The first kappa shape index (κ1) is 13.6. The normalized spacial score (nSPS) is 11.9. The molecule has 0 bridgehead atoms. The standard InChI is InChI=1S/C12H19BrO2Si/c1-12(2,3)10-8(13)6-7-9(14)11(10)15-16(4)5/h6-7,14,16H,1-5H3. The van der Waals surface area contributed by atoms with Crippen molar-refractivity contribution in [3.63, 3.8) is 0 Å². The van der Waals surface area contributed by atoms with E-state index >= 15 is 0 Å². The number of hydrogen-bond acceptors (Lipinski definition) is 2. The second kappa shape index (κ2) is 4.80. The highest BCUT2D eigenvalue weighted by Crippen LogP contribution is 2.42. The van der Waals surface area contributed by atoms with Gasteiger partial charge in [0.05, 0.1) is 0 Å². The fourth-order valence-corrected chi connectivity index (χ4v) is 3.22. The van der Waals surface area contributed by atoms with Gasteiger partial charge in [-0.1, -0.05) is 36.7 Å². The summed E-state index contributed by atoms with van der Waals surface area (Å²) in [6.07, 6.45) is 0. The summed E-state index contributed by atoms with van der Waals surface area (Å²) in [6.45, 7) is 10.5. The molecule has 0 saturated carbocycles. The van der Waals surface area contributed by atoms with E-state index in [1.54, 1.807) is 6.07 Å². The summed E-state index contributed by atoms with van der Waals surface area (Å²) in [5.74, 6) is 0.873. The Hall–Kier alpha value is -0.483. The third-order valence-electron chi connectivity index (χ3n) is 2.19. The van der Waals surface area contributed by atoms with Crippen LogP contribution >= 0.6 is 15.9 Å². The lowest BCUT2D eigenvalue weighted by Gasteiger charge is -2.26. The lowest BCUT2D eigenvalue weighted by atomic mass is 9.86. The van der Waals surface area contributed by atoms with Gasteiger partial charge in [-0.3, -0.25) is 0 Å². The zero-order valence-electron chi connectivity index (χ0n) is 10.5. The number of phenols is 1. The van der Waals surface area contributed by atoms with E-state index in [0.717, 1.165) is 10.0 Å². The summed E-state index contributed by atoms with van der Waals surface area (Å²) in [6, 6.07) is 3.54. The maximum Gasteiger partial charge on any atom is 0.229 e. The highest BCUT2D eigenvalue weighted by Gasteiger charge is 2.25. The van der Waals surface area contributed by atoms with Crippen LogP contribution in [0.3, 0.4) is 0 Å². The van der Waals surface area contributed by atoms with Crippen LogP contribution in [0.5, 0.6) is 11.5 Å². The minimum Gasteiger partial charge on any atom is -0.544 e. The molecule has 0 radical (unpaired) electrons. The predicted octanol–water partition coefficient (Wildman–Crippen LogP) is 3.81. The van der Waals surface area contributed by atoms with E-state index in [1.807, 2.05) is 6.07 Å². The molecule has 1 N–H and O–H groups in total. The molecular formula is C12H19BrO2Si. The lowest BCUT2D eigenvalue weighted by Crippen LogP contribution is -2.19. The molecule has 2 nitrogen and oxygen atoms in total. The van der Waals surface area contributed by atoms with Crippen molar-refractivity contribution in [2.45, 2.75) is 39.3 Å². The monoisotopic (exact) mass is 302 g/mol. The van der Waals surface area contributed by atoms with Crippen molar-refractivity contribution in [2.75, 3.05) is 0 Å². The molecule has 0 atom stereocenters. The molecule has 1 aromatic rings. The molecule has 0 spiro atoms. The van der Waals surface area contributed by atoms with Crippen molar-refractivity contribution in [1.82, 2.24) is 0 Å². The van der Waals surface area contributed by atoms with Gasteiger partial charge in [-0.05, 0) is 30.6 Å². The first-order valence-corrected chi connectivity index (χ1v) is 8.99. The molecular weight excluding hydrogens is 284 g/mol. The quantitative estimate of drug-likeness (QED) is 0.842. The Labute approximate surface area is 107 Å². The number of halogens is 1. The molecule has 4 heteroatoms. The van der Waals surface area contributed by atoms with Crippen molar-refractivity contribution in [3.8, 4) is 11.5 Å². The topological polar surface area (TPSA) is 29.5 Å². The van der Waals surface area contributed by atoms with Crippen molar-refractivity contribution >= 4 is 25.0 Å². The van der Waals surface area contributed by atoms with Gasteiger partial charge in [0.2, 0.25) is 9.04 Å². The molecule has 0 heterocycles. The van der Waals surface area contributed by atoms with E-state index in [9.17, 15) is 5.11 Å². The van der Waals surface area contributed by atoms with Crippen LogP contribution < -0.4 is 4.43 Å². The van der Waals surface area contributed by atoms with Gasteiger partial charge < -0.3 is 9.53 Å². The molecule has 0 aliphatic carbocycles. The highest BCUT2D eigenvalue weighted by molar-refractivity contribution is 9.10. The zero-order valence-corrected chi connectivity index (χ0v) is 13.2. The summed E-state index contributed by atoms with van der Waals surface area (Å²) < 4.78 is 6.83. The molecule has 1 aromatic carbocycles. The molecule has 0 unspecified atom stereocenters. The Morgan fingerprint density at radius 2 is 1.81 bits per heavy atom. The number of hydrogen-bond donors (Lipinski definition) is 1. The Bertz CT molecular complexity index is 383. The predicted molar refractivity (Wildman–Crippen MR) is 74.0 cm³/mol. The first-order valence-electron chi connectivity index (χ1n) is 5.42. The molecule has 16 heavy (non-hydrogen) atoms. The highest BCUT2D eigenvalue weighted by atomic mass is 79.9. The van der Waals surface area contributed by atoms with Crippen molar-refractivity contribution in [1.29, 1.82) is 0 Å². The van der Waals surface area contributed by atoms with Gasteiger partial charge in [-0.25, -0.2) is 0 Å². The summed E-state index contributed by atoms with van der Waals surface area (Å²) in [5, 5.41) is 9.90. The van der Waals surface area contributed by atoms with E-state index in [2.05, 4.69) is 49.8 Å². The van der Waals surface area contributed by atoms with Crippen LogP contribution in [0.4, 0.5) is 0 Å². The van der Waals surface area contributed by atoms with E-state index in [-0.39, 0.29) is 11.2 Å². The number of benzene rings is 1. The van der Waals surface area contributed by atoms with Crippen LogP contribution in [-0.4, -0.2) is 14.1 Å². The second-order valence-corrected chi connectivity index (χ2v) is 8.37.